The summed E-state index contributed by atoms with van der Waals surface area (Å²) in [5.74, 6) is 0.158. The Morgan fingerprint density at radius 2 is 2.05 bits per heavy atom. The van der Waals surface area contributed by atoms with Gasteiger partial charge in [0.1, 0.15) is 5.75 Å². The van der Waals surface area contributed by atoms with Gasteiger partial charge in [0.2, 0.25) is 0 Å². The zero-order valence-corrected chi connectivity index (χ0v) is 11.6. The Labute approximate surface area is 125 Å². The number of pyridine rings is 1. The van der Waals surface area contributed by atoms with E-state index in [0.717, 1.165) is 5.56 Å². The van der Waals surface area contributed by atoms with Crippen molar-refractivity contribution in [3.63, 3.8) is 0 Å². The minimum atomic E-state index is -4.36. The number of hydrogen-bond acceptors (Lipinski definition) is 4. The average Bonchev–Trinajstić information content (AvgIpc) is 2.51. The summed E-state index contributed by atoms with van der Waals surface area (Å²) in [7, 11) is 0. The smallest absolute Gasteiger partial charge is 0.422 e. The van der Waals surface area contributed by atoms with Crippen LogP contribution in [-0.4, -0.2) is 22.9 Å². The maximum Gasteiger partial charge on any atom is 0.422 e. The van der Waals surface area contributed by atoms with Gasteiger partial charge in [-0.1, -0.05) is 12.1 Å². The summed E-state index contributed by atoms with van der Waals surface area (Å²) >= 11 is 0. The van der Waals surface area contributed by atoms with Crippen molar-refractivity contribution < 1.29 is 23.0 Å². The van der Waals surface area contributed by atoms with Gasteiger partial charge in [0.25, 0.3) is 0 Å². The van der Waals surface area contributed by atoms with Gasteiger partial charge in [0.05, 0.1) is 18.5 Å². The van der Waals surface area contributed by atoms with Gasteiger partial charge in [-0.25, -0.2) is 0 Å². The summed E-state index contributed by atoms with van der Waals surface area (Å²) in [5.41, 5.74) is 2.12. The standard InChI is InChI=1S/C15H15F3N2O2/c16-15(17,18)10-22-13-3-1-2-11(6-13)7-20-14-8-19-5-4-12(14)9-21/h1-6,8,20-21H,7,9-10H2. The molecule has 0 saturated heterocycles. The molecule has 2 N–H and O–H groups in total. The van der Waals surface area contributed by atoms with Gasteiger partial charge in [-0.3, -0.25) is 4.98 Å². The van der Waals surface area contributed by atoms with Gasteiger partial charge in [0, 0.05) is 18.3 Å². The number of rotatable bonds is 6. The second-order valence-electron chi connectivity index (χ2n) is 4.60. The van der Waals surface area contributed by atoms with Crippen molar-refractivity contribution in [2.24, 2.45) is 0 Å². The highest BCUT2D eigenvalue weighted by molar-refractivity contribution is 5.49. The molecule has 1 aromatic carbocycles. The van der Waals surface area contributed by atoms with E-state index >= 15 is 0 Å². The van der Waals surface area contributed by atoms with E-state index in [-0.39, 0.29) is 12.4 Å². The number of aliphatic hydroxyl groups excluding tert-OH is 1. The maximum atomic E-state index is 12.1. The molecule has 0 atom stereocenters. The molecule has 0 bridgehead atoms. The van der Waals surface area contributed by atoms with Crippen LogP contribution in [-0.2, 0) is 13.2 Å². The van der Waals surface area contributed by atoms with Gasteiger partial charge in [-0.2, -0.15) is 13.2 Å². The maximum absolute atomic E-state index is 12.1. The van der Waals surface area contributed by atoms with Crippen molar-refractivity contribution in [3.8, 4) is 5.75 Å². The van der Waals surface area contributed by atoms with Gasteiger partial charge in [-0.05, 0) is 23.8 Å². The summed E-state index contributed by atoms with van der Waals surface area (Å²) in [5, 5.41) is 12.3. The number of nitrogens with zero attached hydrogens (tertiary/aromatic N) is 1. The third-order valence-corrected chi connectivity index (χ3v) is 2.87. The van der Waals surface area contributed by atoms with E-state index in [1.54, 1.807) is 30.6 Å². The number of nitrogens with one attached hydrogen (secondary N) is 1. The average molecular weight is 312 g/mol. The van der Waals surface area contributed by atoms with E-state index in [1.807, 2.05) is 0 Å². The normalized spacial score (nSPS) is 11.3. The molecule has 22 heavy (non-hydrogen) atoms. The molecular weight excluding hydrogens is 297 g/mol. The summed E-state index contributed by atoms with van der Waals surface area (Å²) in [6.07, 6.45) is -1.21. The molecule has 7 heteroatoms. The minimum Gasteiger partial charge on any atom is -0.484 e. The van der Waals surface area contributed by atoms with Gasteiger partial charge >= 0.3 is 6.18 Å². The molecule has 118 valence electrons. The molecular formula is C15H15F3N2O2. The fourth-order valence-corrected chi connectivity index (χ4v) is 1.83. The highest BCUT2D eigenvalue weighted by atomic mass is 19.4. The highest BCUT2D eigenvalue weighted by Gasteiger charge is 2.28. The van der Waals surface area contributed by atoms with Crippen LogP contribution in [0.15, 0.2) is 42.7 Å². The van der Waals surface area contributed by atoms with Crippen LogP contribution >= 0.6 is 0 Å². The first-order chi connectivity index (χ1) is 10.5. The lowest BCUT2D eigenvalue weighted by molar-refractivity contribution is -0.153. The molecule has 0 aliphatic heterocycles. The first-order valence-corrected chi connectivity index (χ1v) is 6.54. The van der Waals surface area contributed by atoms with E-state index in [1.165, 1.54) is 12.1 Å². The molecule has 0 amide bonds. The van der Waals surface area contributed by atoms with Crippen molar-refractivity contribution in [1.29, 1.82) is 0 Å². The number of anilines is 1. The Bertz CT molecular complexity index is 618. The monoisotopic (exact) mass is 312 g/mol. The van der Waals surface area contributed by atoms with Crippen LogP contribution in [0.2, 0.25) is 0 Å². The zero-order valence-electron chi connectivity index (χ0n) is 11.6. The van der Waals surface area contributed by atoms with Crippen molar-refractivity contribution in [2.75, 3.05) is 11.9 Å². The molecule has 0 fully saturated rings. The zero-order chi connectivity index (χ0) is 16.0. The Hall–Kier alpha value is -2.28. The lowest BCUT2D eigenvalue weighted by Gasteiger charge is -2.12. The van der Waals surface area contributed by atoms with E-state index in [4.69, 9.17) is 4.74 Å². The fourth-order valence-electron chi connectivity index (χ4n) is 1.83. The molecule has 0 spiro atoms. The van der Waals surface area contributed by atoms with E-state index in [9.17, 15) is 18.3 Å². The third-order valence-electron chi connectivity index (χ3n) is 2.87. The van der Waals surface area contributed by atoms with E-state index in [0.29, 0.717) is 17.8 Å². The van der Waals surface area contributed by atoms with E-state index < -0.39 is 12.8 Å². The first-order valence-electron chi connectivity index (χ1n) is 6.54. The predicted molar refractivity (Wildman–Crippen MR) is 75.5 cm³/mol. The molecule has 0 aliphatic carbocycles. The number of benzene rings is 1. The Kier molecular flexibility index (Phi) is 5.21. The second kappa shape index (κ2) is 7.13. The van der Waals surface area contributed by atoms with Crippen LogP contribution in [0, 0.1) is 0 Å². The molecule has 1 heterocycles. The van der Waals surface area contributed by atoms with Crippen LogP contribution in [0.4, 0.5) is 18.9 Å². The van der Waals surface area contributed by atoms with Crippen molar-refractivity contribution in [2.45, 2.75) is 19.3 Å². The number of ether oxygens (including phenoxy) is 1. The predicted octanol–water partition coefficient (Wildman–Crippen LogP) is 3.13. The molecule has 0 aliphatic rings. The molecule has 2 rings (SSSR count). The van der Waals surface area contributed by atoms with Crippen LogP contribution in [0.1, 0.15) is 11.1 Å². The molecule has 0 saturated carbocycles. The molecule has 2 aromatic rings. The lowest BCUT2D eigenvalue weighted by Crippen LogP contribution is -2.19. The highest BCUT2D eigenvalue weighted by Crippen LogP contribution is 2.20. The van der Waals surface area contributed by atoms with E-state index in [2.05, 4.69) is 10.3 Å². The lowest BCUT2D eigenvalue weighted by atomic mass is 10.2. The molecule has 1 aromatic heterocycles. The van der Waals surface area contributed by atoms with Crippen LogP contribution < -0.4 is 10.1 Å². The van der Waals surface area contributed by atoms with Crippen LogP contribution in [0.3, 0.4) is 0 Å². The minimum absolute atomic E-state index is 0.125. The summed E-state index contributed by atoms with van der Waals surface area (Å²) in [6.45, 7) is -1.07. The Morgan fingerprint density at radius 1 is 1.23 bits per heavy atom. The molecule has 0 radical (unpaired) electrons. The summed E-state index contributed by atoms with van der Waals surface area (Å²) in [6, 6.07) is 8.08. The van der Waals surface area contributed by atoms with Crippen molar-refractivity contribution in [3.05, 3.63) is 53.9 Å². The number of alkyl halides is 3. The number of halogens is 3. The second-order valence-corrected chi connectivity index (χ2v) is 4.60. The van der Waals surface area contributed by atoms with Crippen LogP contribution in [0.5, 0.6) is 5.75 Å². The number of hydrogen-bond donors (Lipinski definition) is 2. The Balaban J connectivity index is 1.98. The Morgan fingerprint density at radius 3 is 2.77 bits per heavy atom. The summed E-state index contributed by atoms with van der Waals surface area (Å²) < 4.78 is 41.1. The topological polar surface area (TPSA) is 54.4 Å². The van der Waals surface area contributed by atoms with Gasteiger partial charge in [-0.15, -0.1) is 0 Å². The first kappa shape index (κ1) is 16.1. The molecule has 4 nitrogen and oxygen atoms in total. The SMILES string of the molecule is OCc1ccncc1NCc1cccc(OCC(F)(F)F)c1. The van der Waals surface area contributed by atoms with Gasteiger partial charge in [0.15, 0.2) is 6.61 Å². The van der Waals surface area contributed by atoms with Crippen LogP contribution in [0.25, 0.3) is 0 Å². The van der Waals surface area contributed by atoms with Crippen molar-refractivity contribution in [1.82, 2.24) is 4.98 Å². The van der Waals surface area contributed by atoms with Gasteiger partial charge < -0.3 is 15.2 Å². The largest absolute Gasteiger partial charge is 0.484 e. The van der Waals surface area contributed by atoms with Crippen molar-refractivity contribution >= 4 is 5.69 Å². The number of aliphatic hydroxyl groups is 1. The fraction of sp³-hybridized carbons (Fsp3) is 0.267. The summed E-state index contributed by atoms with van der Waals surface area (Å²) in [4.78, 5) is 3.96. The third kappa shape index (κ3) is 4.92. The quantitative estimate of drug-likeness (QED) is 0.860. The molecule has 0 unspecified atom stereocenters. The number of aromatic nitrogens is 1.